The van der Waals surface area contributed by atoms with Crippen LogP contribution < -0.4 is 9.47 Å². The minimum absolute atomic E-state index is 0.320. The summed E-state index contributed by atoms with van der Waals surface area (Å²) in [7, 11) is 3.06. The summed E-state index contributed by atoms with van der Waals surface area (Å²) in [6.07, 6.45) is 0. The van der Waals surface area contributed by atoms with Gasteiger partial charge >= 0.3 is 0 Å². The molecule has 20 heavy (non-hydrogen) atoms. The third kappa shape index (κ3) is 2.73. The maximum Gasteiger partial charge on any atom is 0.131 e. The van der Waals surface area contributed by atoms with E-state index < -0.39 is 11.2 Å². The van der Waals surface area contributed by atoms with Crippen LogP contribution in [-0.4, -0.2) is 14.2 Å². The van der Waals surface area contributed by atoms with Gasteiger partial charge in [-0.1, -0.05) is 23.8 Å². The molecule has 0 saturated heterocycles. The SMILES string of the molecule is COc1ccc(C)cc1C(Cl)c1c(F)cccc1OC. The van der Waals surface area contributed by atoms with Gasteiger partial charge in [-0.3, -0.25) is 0 Å². The molecule has 0 bridgehead atoms. The molecule has 0 N–H and O–H groups in total. The maximum atomic E-state index is 14.1. The first-order chi connectivity index (χ1) is 9.58. The first kappa shape index (κ1) is 14.7. The molecule has 0 aliphatic rings. The van der Waals surface area contributed by atoms with Gasteiger partial charge in [0.2, 0.25) is 0 Å². The summed E-state index contributed by atoms with van der Waals surface area (Å²) in [5.41, 5.74) is 2.07. The lowest BCUT2D eigenvalue weighted by Gasteiger charge is -2.18. The Morgan fingerprint density at radius 2 is 1.75 bits per heavy atom. The van der Waals surface area contributed by atoms with Crippen LogP contribution in [0.1, 0.15) is 22.1 Å². The van der Waals surface area contributed by atoms with E-state index in [1.807, 2.05) is 25.1 Å². The lowest BCUT2D eigenvalue weighted by molar-refractivity contribution is 0.400. The van der Waals surface area contributed by atoms with Crippen molar-refractivity contribution in [1.29, 1.82) is 0 Å². The molecule has 1 unspecified atom stereocenters. The molecule has 1 atom stereocenters. The quantitative estimate of drug-likeness (QED) is 0.774. The molecular formula is C16H16ClFO2. The van der Waals surface area contributed by atoms with Crippen molar-refractivity contribution in [3.8, 4) is 11.5 Å². The van der Waals surface area contributed by atoms with E-state index >= 15 is 0 Å². The van der Waals surface area contributed by atoms with Crippen LogP contribution in [0.25, 0.3) is 0 Å². The van der Waals surface area contributed by atoms with E-state index in [4.69, 9.17) is 21.1 Å². The van der Waals surface area contributed by atoms with Gasteiger partial charge in [0.05, 0.1) is 25.2 Å². The summed E-state index contributed by atoms with van der Waals surface area (Å²) in [6, 6.07) is 10.3. The Morgan fingerprint density at radius 3 is 2.40 bits per heavy atom. The van der Waals surface area contributed by atoms with Gasteiger partial charge in [-0.25, -0.2) is 4.39 Å². The lowest BCUT2D eigenvalue weighted by Crippen LogP contribution is -2.03. The maximum absolute atomic E-state index is 14.1. The standard InChI is InChI=1S/C16H16ClFO2/c1-10-7-8-13(19-2)11(9-10)16(17)15-12(18)5-4-6-14(15)20-3/h4-9,16H,1-3H3. The van der Waals surface area contributed by atoms with Crippen LogP contribution in [0.5, 0.6) is 11.5 Å². The average Bonchev–Trinajstić information content (AvgIpc) is 2.46. The number of alkyl halides is 1. The fraction of sp³-hybridized carbons (Fsp3) is 0.250. The number of rotatable bonds is 4. The van der Waals surface area contributed by atoms with E-state index in [1.54, 1.807) is 19.2 Å². The molecule has 0 amide bonds. The average molecular weight is 295 g/mol. The number of hydrogen-bond donors (Lipinski definition) is 0. The third-order valence-corrected chi connectivity index (χ3v) is 3.60. The molecule has 4 heteroatoms. The number of hydrogen-bond acceptors (Lipinski definition) is 2. The minimum Gasteiger partial charge on any atom is -0.496 e. The van der Waals surface area contributed by atoms with Gasteiger partial charge in [-0.05, 0) is 25.1 Å². The largest absolute Gasteiger partial charge is 0.496 e. The van der Waals surface area contributed by atoms with Crippen molar-refractivity contribution in [2.24, 2.45) is 0 Å². The van der Waals surface area contributed by atoms with Crippen molar-refractivity contribution < 1.29 is 13.9 Å². The van der Waals surface area contributed by atoms with Gasteiger partial charge in [0.1, 0.15) is 17.3 Å². The topological polar surface area (TPSA) is 18.5 Å². The molecule has 0 radical (unpaired) electrons. The first-order valence-electron chi connectivity index (χ1n) is 6.19. The molecule has 2 aromatic carbocycles. The zero-order valence-electron chi connectivity index (χ0n) is 11.6. The van der Waals surface area contributed by atoms with Crippen LogP contribution in [0.2, 0.25) is 0 Å². The van der Waals surface area contributed by atoms with Crippen LogP contribution in [0.3, 0.4) is 0 Å². The fourth-order valence-electron chi connectivity index (χ4n) is 2.15. The summed E-state index contributed by atoms with van der Waals surface area (Å²) < 4.78 is 24.6. The molecular weight excluding hydrogens is 279 g/mol. The van der Waals surface area contributed by atoms with Gasteiger partial charge in [-0.2, -0.15) is 0 Å². The summed E-state index contributed by atoms with van der Waals surface area (Å²) in [6.45, 7) is 1.95. The summed E-state index contributed by atoms with van der Waals surface area (Å²) in [5.74, 6) is 0.655. The molecule has 0 fully saturated rings. The number of halogens is 2. The van der Waals surface area contributed by atoms with Gasteiger partial charge < -0.3 is 9.47 Å². The Bertz CT molecular complexity index is 613. The highest BCUT2D eigenvalue weighted by atomic mass is 35.5. The Balaban J connectivity index is 2.57. The zero-order valence-corrected chi connectivity index (χ0v) is 12.4. The van der Waals surface area contributed by atoms with E-state index in [0.29, 0.717) is 17.1 Å². The van der Waals surface area contributed by atoms with Crippen molar-refractivity contribution in [2.45, 2.75) is 12.3 Å². The second-order valence-electron chi connectivity index (χ2n) is 4.46. The normalized spacial score (nSPS) is 12.1. The molecule has 2 aromatic rings. The van der Waals surface area contributed by atoms with E-state index in [9.17, 15) is 4.39 Å². The fourth-order valence-corrected chi connectivity index (χ4v) is 2.53. The highest BCUT2D eigenvalue weighted by molar-refractivity contribution is 6.23. The van der Waals surface area contributed by atoms with Gasteiger partial charge in [0, 0.05) is 5.56 Å². The van der Waals surface area contributed by atoms with Gasteiger partial charge in [0.25, 0.3) is 0 Å². The van der Waals surface area contributed by atoms with Crippen molar-refractivity contribution in [3.63, 3.8) is 0 Å². The highest BCUT2D eigenvalue weighted by Crippen LogP contribution is 2.40. The molecule has 2 nitrogen and oxygen atoms in total. The zero-order chi connectivity index (χ0) is 14.7. The second kappa shape index (κ2) is 6.14. The van der Waals surface area contributed by atoms with Crippen LogP contribution in [0.4, 0.5) is 4.39 Å². The molecule has 0 aliphatic heterocycles. The Hall–Kier alpha value is -1.74. The van der Waals surface area contributed by atoms with Crippen LogP contribution >= 0.6 is 11.6 Å². The molecule has 0 aliphatic carbocycles. The van der Waals surface area contributed by atoms with Crippen LogP contribution in [-0.2, 0) is 0 Å². The van der Waals surface area contributed by atoms with Crippen LogP contribution in [0.15, 0.2) is 36.4 Å². The molecule has 106 valence electrons. The Kier molecular flexibility index (Phi) is 4.50. The van der Waals surface area contributed by atoms with Gasteiger partial charge in [0.15, 0.2) is 0 Å². The first-order valence-corrected chi connectivity index (χ1v) is 6.63. The number of benzene rings is 2. The molecule has 2 rings (SSSR count). The van der Waals surface area contributed by atoms with Crippen molar-refractivity contribution >= 4 is 11.6 Å². The second-order valence-corrected chi connectivity index (χ2v) is 4.90. The monoisotopic (exact) mass is 294 g/mol. The number of aryl methyl sites for hydroxylation is 1. The van der Waals surface area contributed by atoms with E-state index in [1.165, 1.54) is 13.2 Å². The Morgan fingerprint density at radius 1 is 1.05 bits per heavy atom. The highest BCUT2D eigenvalue weighted by Gasteiger charge is 2.23. The molecule has 0 spiro atoms. The summed E-state index contributed by atoms with van der Waals surface area (Å²) in [4.78, 5) is 0. The van der Waals surface area contributed by atoms with E-state index in [2.05, 4.69) is 0 Å². The minimum atomic E-state index is -0.680. The predicted molar refractivity (Wildman–Crippen MR) is 78.4 cm³/mol. The number of methoxy groups -OCH3 is 2. The van der Waals surface area contributed by atoms with Crippen molar-refractivity contribution in [3.05, 3.63) is 58.9 Å². The van der Waals surface area contributed by atoms with Crippen molar-refractivity contribution in [1.82, 2.24) is 0 Å². The van der Waals surface area contributed by atoms with Crippen LogP contribution in [0, 0.1) is 12.7 Å². The van der Waals surface area contributed by atoms with Gasteiger partial charge in [-0.15, -0.1) is 11.6 Å². The summed E-state index contributed by atoms with van der Waals surface area (Å²) in [5, 5.41) is -0.680. The molecule has 0 heterocycles. The number of ether oxygens (including phenoxy) is 2. The third-order valence-electron chi connectivity index (χ3n) is 3.14. The van der Waals surface area contributed by atoms with E-state index in [-0.39, 0.29) is 0 Å². The smallest absolute Gasteiger partial charge is 0.131 e. The predicted octanol–water partition coefficient (Wildman–Crippen LogP) is 4.48. The van der Waals surface area contributed by atoms with Crippen molar-refractivity contribution in [2.75, 3.05) is 14.2 Å². The van der Waals surface area contributed by atoms with E-state index in [0.717, 1.165) is 11.1 Å². The summed E-state index contributed by atoms with van der Waals surface area (Å²) >= 11 is 6.48. The lowest BCUT2D eigenvalue weighted by atomic mass is 10.00. The molecule has 0 aromatic heterocycles. The Labute approximate surface area is 123 Å². The molecule has 0 saturated carbocycles.